The van der Waals surface area contributed by atoms with Gasteiger partial charge in [-0.2, -0.15) is 0 Å². The van der Waals surface area contributed by atoms with Crippen molar-refractivity contribution in [1.29, 1.82) is 0 Å². The van der Waals surface area contributed by atoms with Gasteiger partial charge in [-0.25, -0.2) is 4.79 Å². The fraction of sp³-hybridized carbons (Fsp3) is 0.588. The number of nitrogens with one attached hydrogen (secondary N) is 2. The largest absolute Gasteiger partial charge is 0.388 e. The number of carbonyl (C=O) groups is 1. The highest BCUT2D eigenvalue weighted by Gasteiger charge is 2.34. The van der Waals surface area contributed by atoms with E-state index < -0.39 is 5.60 Å². The summed E-state index contributed by atoms with van der Waals surface area (Å²) in [6, 6.07) is 7.69. The van der Waals surface area contributed by atoms with E-state index in [4.69, 9.17) is 11.6 Å². The van der Waals surface area contributed by atoms with Crippen molar-refractivity contribution in [2.45, 2.75) is 43.7 Å². The molecule has 3 N–H and O–H groups in total. The number of rotatable bonds is 4. The van der Waals surface area contributed by atoms with E-state index in [1.165, 1.54) is 0 Å². The van der Waals surface area contributed by atoms with E-state index in [0.717, 1.165) is 55.9 Å². The predicted octanol–water partition coefficient (Wildman–Crippen LogP) is 2.52. The first kappa shape index (κ1) is 16.4. The molecule has 0 aromatic heterocycles. The highest BCUT2D eigenvalue weighted by molar-refractivity contribution is 6.33. The number of aliphatic hydroxyl groups is 1. The second kappa shape index (κ2) is 6.97. The van der Waals surface area contributed by atoms with Gasteiger partial charge in [0.05, 0.1) is 16.3 Å². The van der Waals surface area contributed by atoms with Crippen molar-refractivity contribution in [2.75, 3.05) is 24.5 Å². The van der Waals surface area contributed by atoms with E-state index >= 15 is 0 Å². The fourth-order valence-corrected chi connectivity index (χ4v) is 3.52. The number of benzene rings is 1. The molecular weight excluding hydrogens is 314 g/mol. The minimum Gasteiger partial charge on any atom is -0.388 e. The monoisotopic (exact) mass is 337 g/mol. The highest BCUT2D eigenvalue weighted by Crippen LogP contribution is 2.30. The molecule has 3 rings (SSSR count). The fourth-order valence-electron chi connectivity index (χ4n) is 3.26. The van der Waals surface area contributed by atoms with Crippen LogP contribution >= 0.6 is 11.6 Å². The van der Waals surface area contributed by atoms with E-state index in [2.05, 4.69) is 15.5 Å². The predicted molar refractivity (Wildman–Crippen MR) is 92.0 cm³/mol. The van der Waals surface area contributed by atoms with Crippen molar-refractivity contribution >= 4 is 23.3 Å². The van der Waals surface area contributed by atoms with Crippen molar-refractivity contribution in [1.82, 2.24) is 10.6 Å². The molecule has 2 fully saturated rings. The van der Waals surface area contributed by atoms with Crippen molar-refractivity contribution < 1.29 is 9.90 Å². The van der Waals surface area contributed by atoms with Crippen molar-refractivity contribution in [3.8, 4) is 0 Å². The van der Waals surface area contributed by atoms with Crippen LogP contribution in [0.5, 0.6) is 0 Å². The molecule has 0 bridgehead atoms. The van der Waals surface area contributed by atoms with Gasteiger partial charge >= 0.3 is 6.03 Å². The first-order valence-corrected chi connectivity index (χ1v) is 8.70. The summed E-state index contributed by atoms with van der Waals surface area (Å²) in [7, 11) is 0. The number of hydrogen-bond acceptors (Lipinski definition) is 3. The number of para-hydroxylation sites is 1. The van der Waals surface area contributed by atoms with Gasteiger partial charge in [-0.05, 0) is 44.2 Å². The lowest BCUT2D eigenvalue weighted by molar-refractivity contribution is -0.0290. The van der Waals surface area contributed by atoms with Crippen molar-refractivity contribution in [3.63, 3.8) is 0 Å². The molecule has 5 nitrogen and oxygen atoms in total. The molecule has 23 heavy (non-hydrogen) atoms. The zero-order valence-corrected chi connectivity index (χ0v) is 14.0. The smallest absolute Gasteiger partial charge is 0.315 e. The SMILES string of the molecule is O=C(NCC1(O)CCC1)NC1CCCN(c2ccccc2Cl)C1. The van der Waals surface area contributed by atoms with Crippen LogP contribution in [0.15, 0.2) is 24.3 Å². The third-order valence-electron chi connectivity index (χ3n) is 4.81. The maximum absolute atomic E-state index is 12.0. The standard InChI is InChI=1S/C17H24ClN3O2/c18-14-6-1-2-7-15(14)21-10-3-5-13(11-21)20-16(22)19-12-17(23)8-4-9-17/h1-2,6-7,13,23H,3-5,8-12H2,(H2,19,20,22). The Hall–Kier alpha value is -1.46. The van der Waals surface area contributed by atoms with Crippen LogP contribution in [0, 0.1) is 0 Å². The second-order valence-electron chi connectivity index (χ2n) is 6.64. The number of carbonyl (C=O) groups excluding carboxylic acids is 1. The molecule has 2 amide bonds. The Kier molecular flexibility index (Phi) is 4.97. The summed E-state index contributed by atoms with van der Waals surface area (Å²) in [5.41, 5.74) is 0.331. The Morgan fingerprint density at radius 2 is 2.13 bits per heavy atom. The van der Waals surface area contributed by atoms with Gasteiger partial charge in [0.15, 0.2) is 0 Å². The average Bonchev–Trinajstić information content (AvgIpc) is 2.52. The molecule has 1 aliphatic heterocycles. The molecule has 126 valence electrons. The van der Waals surface area contributed by atoms with Gasteiger partial charge in [-0.1, -0.05) is 23.7 Å². The zero-order chi connectivity index (χ0) is 16.3. The molecule has 1 saturated heterocycles. The zero-order valence-electron chi connectivity index (χ0n) is 13.2. The molecule has 6 heteroatoms. The van der Waals surface area contributed by atoms with Gasteiger partial charge in [0.1, 0.15) is 0 Å². The lowest BCUT2D eigenvalue weighted by Crippen LogP contribution is -2.54. The number of urea groups is 1. The Morgan fingerprint density at radius 1 is 1.35 bits per heavy atom. The molecular formula is C17H24ClN3O2. The molecule has 1 saturated carbocycles. The van der Waals surface area contributed by atoms with Crippen LogP contribution in [0.1, 0.15) is 32.1 Å². The third-order valence-corrected chi connectivity index (χ3v) is 5.13. The van der Waals surface area contributed by atoms with Crippen LogP contribution in [0.2, 0.25) is 5.02 Å². The Bertz CT molecular complexity index is 563. The molecule has 1 atom stereocenters. The summed E-state index contributed by atoms with van der Waals surface area (Å²) in [6.45, 7) is 2.03. The molecule has 0 spiro atoms. The van der Waals surface area contributed by atoms with Crippen LogP contribution in [0.4, 0.5) is 10.5 Å². The Morgan fingerprint density at radius 3 is 2.83 bits per heavy atom. The Balaban J connectivity index is 1.50. The van der Waals surface area contributed by atoms with Crippen molar-refractivity contribution in [3.05, 3.63) is 29.3 Å². The van der Waals surface area contributed by atoms with Crippen LogP contribution in [0.3, 0.4) is 0 Å². The lowest BCUT2D eigenvalue weighted by atomic mass is 9.80. The molecule has 2 aliphatic rings. The average molecular weight is 338 g/mol. The van der Waals surface area contributed by atoms with Gasteiger partial charge in [0.2, 0.25) is 0 Å². The Labute approximate surface area is 142 Å². The first-order chi connectivity index (χ1) is 11.1. The summed E-state index contributed by atoms with van der Waals surface area (Å²) in [5, 5.41) is 16.6. The van der Waals surface area contributed by atoms with Crippen LogP contribution in [-0.2, 0) is 0 Å². The number of hydrogen-bond donors (Lipinski definition) is 3. The van der Waals surface area contributed by atoms with Crippen LogP contribution in [-0.4, -0.2) is 42.4 Å². The summed E-state index contributed by atoms with van der Waals surface area (Å²) in [6.07, 6.45) is 4.56. The topological polar surface area (TPSA) is 64.6 Å². The van der Waals surface area contributed by atoms with Crippen LogP contribution in [0.25, 0.3) is 0 Å². The third kappa shape index (κ3) is 4.09. The van der Waals surface area contributed by atoms with Gasteiger partial charge in [-0.15, -0.1) is 0 Å². The molecule has 1 aliphatic carbocycles. The summed E-state index contributed by atoms with van der Waals surface area (Å²) >= 11 is 6.26. The maximum atomic E-state index is 12.0. The summed E-state index contributed by atoms with van der Waals surface area (Å²) < 4.78 is 0. The molecule has 1 aromatic carbocycles. The molecule has 1 aromatic rings. The van der Waals surface area contributed by atoms with Crippen molar-refractivity contribution in [2.24, 2.45) is 0 Å². The summed E-state index contributed by atoms with van der Waals surface area (Å²) in [4.78, 5) is 14.2. The quantitative estimate of drug-likeness (QED) is 0.791. The van der Waals surface area contributed by atoms with E-state index in [9.17, 15) is 9.90 Å². The normalized spacial score (nSPS) is 23.0. The number of anilines is 1. The van der Waals surface area contributed by atoms with E-state index in [1.54, 1.807) is 0 Å². The van der Waals surface area contributed by atoms with Gasteiger partial charge in [0.25, 0.3) is 0 Å². The van der Waals surface area contributed by atoms with E-state index in [1.807, 2.05) is 24.3 Å². The minimum atomic E-state index is -0.687. The lowest BCUT2D eigenvalue weighted by Gasteiger charge is -2.37. The maximum Gasteiger partial charge on any atom is 0.315 e. The molecule has 0 radical (unpaired) electrons. The van der Waals surface area contributed by atoms with E-state index in [-0.39, 0.29) is 12.1 Å². The summed E-state index contributed by atoms with van der Waals surface area (Å²) in [5.74, 6) is 0. The number of nitrogens with zero attached hydrogens (tertiary/aromatic N) is 1. The highest BCUT2D eigenvalue weighted by atomic mass is 35.5. The number of halogens is 1. The first-order valence-electron chi connectivity index (χ1n) is 8.32. The second-order valence-corrected chi connectivity index (χ2v) is 7.05. The molecule has 1 unspecified atom stereocenters. The van der Waals surface area contributed by atoms with Gasteiger partial charge < -0.3 is 20.6 Å². The molecule has 1 heterocycles. The number of amides is 2. The van der Waals surface area contributed by atoms with Gasteiger partial charge in [-0.3, -0.25) is 0 Å². The van der Waals surface area contributed by atoms with Crippen LogP contribution < -0.4 is 15.5 Å². The van der Waals surface area contributed by atoms with E-state index in [0.29, 0.717) is 6.54 Å². The van der Waals surface area contributed by atoms with Gasteiger partial charge in [0, 0.05) is 25.7 Å². The minimum absolute atomic E-state index is 0.0936. The number of piperidine rings is 1.